The zero-order chi connectivity index (χ0) is 19.3. The fraction of sp³-hybridized carbons (Fsp3) is 0.316. The second-order valence-electron chi connectivity index (χ2n) is 6.55. The van der Waals surface area contributed by atoms with Crippen LogP contribution in [0.15, 0.2) is 47.5 Å². The van der Waals surface area contributed by atoms with Gasteiger partial charge in [-0.05, 0) is 24.3 Å². The van der Waals surface area contributed by atoms with E-state index in [-0.39, 0.29) is 5.56 Å². The first kappa shape index (κ1) is 18.5. The molecular weight excluding hydrogens is 376 g/mol. The van der Waals surface area contributed by atoms with Crippen molar-refractivity contribution in [2.24, 2.45) is 0 Å². The number of aromatic amines is 1. The van der Waals surface area contributed by atoms with E-state index in [2.05, 4.69) is 30.3 Å². The number of ether oxygens (including phenoxy) is 1. The van der Waals surface area contributed by atoms with Gasteiger partial charge in [-0.25, -0.2) is 10.1 Å². The van der Waals surface area contributed by atoms with Crippen LogP contribution in [0.5, 0.6) is 5.75 Å². The number of nitrogens with zero attached hydrogens (tertiary/aromatic N) is 4. The molecule has 0 radical (unpaired) electrons. The van der Waals surface area contributed by atoms with Crippen LogP contribution in [0.2, 0.25) is 0 Å². The molecule has 8 nitrogen and oxygen atoms in total. The smallest absolute Gasteiger partial charge is 0.266 e. The molecule has 0 aliphatic carbocycles. The number of nitrogens with one attached hydrogen (secondary N) is 2. The Bertz CT molecular complexity index is 963. The lowest BCUT2D eigenvalue weighted by molar-refractivity contribution is 0.251. The minimum Gasteiger partial charge on any atom is -0.497 e. The van der Waals surface area contributed by atoms with Gasteiger partial charge in [0, 0.05) is 55.6 Å². The molecule has 0 saturated carbocycles. The van der Waals surface area contributed by atoms with Crippen molar-refractivity contribution in [1.29, 1.82) is 0 Å². The lowest BCUT2D eigenvalue weighted by Crippen LogP contribution is -2.46. The molecule has 0 bridgehead atoms. The van der Waals surface area contributed by atoms with Gasteiger partial charge >= 0.3 is 0 Å². The van der Waals surface area contributed by atoms with E-state index >= 15 is 0 Å². The quantitative estimate of drug-likeness (QED) is 0.659. The summed E-state index contributed by atoms with van der Waals surface area (Å²) in [5.41, 5.74) is 1.70. The van der Waals surface area contributed by atoms with E-state index in [1.54, 1.807) is 30.7 Å². The summed E-state index contributed by atoms with van der Waals surface area (Å²) in [6.45, 7) is 4.50. The van der Waals surface area contributed by atoms with Crippen molar-refractivity contribution in [1.82, 2.24) is 20.1 Å². The van der Waals surface area contributed by atoms with Gasteiger partial charge in [0.25, 0.3) is 5.56 Å². The molecule has 2 N–H and O–H groups in total. The predicted octanol–water partition coefficient (Wildman–Crippen LogP) is 2.30. The van der Waals surface area contributed by atoms with Crippen LogP contribution in [0, 0.1) is 0 Å². The Morgan fingerprint density at radius 1 is 1.18 bits per heavy atom. The molecule has 1 saturated heterocycles. The standard InChI is InChI=1S/C19H22N6O2S/c1-27-16-4-2-14(3-5-16)22-19-20-12-17(28-19)13-24-6-8-25(9-7-24)15-10-18(26)23-21-11-15/h2-5,10-12H,6-9,13H2,1H3,(H,20,22)(H,23,26). The highest BCUT2D eigenvalue weighted by Gasteiger charge is 2.18. The van der Waals surface area contributed by atoms with Gasteiger partial charge in [-0.3, -0.25) is 9.69 Å². The summed E-state index contributed by atoms with van der Waals surface area (Å²) in [4.78, 5) is 21.7. The minimum atomic E-state index is -0.165. The average molecular weight is 398 g/mol. The maximum atomic E-state index is 11.4. The average Bonchev–Trinajstić information content (AvgIpc) is 3.16. The molecule has 1 fully saturated rings. The Balaban J connectivity index is 1.30. The fourth-order valence-electron chi connectivity index (χ4n) is 3.16. The van der Waals surface area contributed by atoms with Gasteiger partial charge in [0.15, 0.2) is 5.13 Å². The number of methoxy groups -OCH3 is 1. The van der Waals surface area contributed by atoms with Crippen molar-refractivity contribution in [2.45, 2.75) is 6.54 Å². The van der Waals surface area contributed by atoms with Crippen LogP contribution in [0.25, 0.3) is 0 Å². The zero-order valence-electron chi connectivity index (χ0n) is 15.6. The lowest BCUT2D eigenvalue weighted by atomic mass is 10.3. The largest absolute Gasteiger partial charge is 0.497 e. The van der Waals surface area contributed by atoms with Crippen LogP contribution in [-0.4, -0.2) is 53.4 Å². The summed E-state index contributed by atoms with van der Waals surface area (Å²) in [6.07, 6.45) is 3.64. The number of benzene rings is 1. The summed E-state index contributed by atoms with van der Waals surface area (Å²) in [7, 11) is 1.66. The predicted molar refractivity (Wildman–Crippen MR) is 111 cm³/mol. The molecule has 0 amide bonds. The highest BCUT2D eigenvalue weighted by Crippen LogP contribution is 2.25. The van der Waals surface area contributed by atoms with Gasteiger partial charge in [0.2, 0.25) is 0 Å². The Kier molecular flexibility index (Phi) is 5.54. The van der Waals surface area contributed by atoms with Gasteiger partial charge in [-0.2, -0.15) is 5.10 Å². The third-order valence-corrected chi connectivity index (χ3v) is 5.56. The molecule has 3 heterocycles. The number of piperazine rings is 1. The first-order valence-corrected chi connectivity index (χ1v) is 9.89. The maximum absolute atomic E-state index is 11.4. The first-order chi connectivity index (χ1) is 13.7. The summed E-state index contributed by atoms with van der Waals surface area (Å²) in [5, 5.41) is 10.5. The van der Waals surface area contributed by atoms with E-state index in [0.29, 0.717) is 0 Å². The molecular formula is C19H22N6O2S. The van der Waals surface area contributed by atoms with E-state index in [9.17, 15) is 4.79 Å². The lowest BCUT2D eigenvalue weighted by Gasteiger charge is -2.35. The van der Waals surface area contributed by atoms with E-state index in [4.69, 9.17) is 4.74 Å². The van der Waals surface area contributed by atoms with Crippen molar-refractivity contribution < 1.29 is 4.74 Å². The Morgan fingerprint density at radius 3 is 2.68 bits per heavy atom. The fourth-order valence-corrected chi connectivity index (χ4v) is 4.03. The Morgan fingerprint density at radius 2 is 1.96 bits per heavy atom. The molecule has 0 spiro atoms. The number of rotatable bonds is 6. The number of H-pyrrole nitrogens is 1. The zero-order valence-corrected chi connectivity index (χ0v) is 16.4. The SMILES string of the molecule is COc1ccc(Nc2ncc(CN3CCN(c4cn[nH]c(=O)c4)CC3)s2)cc1. The molecule has 0 atom stereocenters. The molecule has 4 rings (SSSR count). The van der Waals surface area contributed by atoms with Crippen molar-refractivity contribution in [3.63, 3.8) is 0 Å². The summed E-state index contributed by atoms with van der Waals surface area (Å²) < 4.78 is 5.18. The summed E-state index contributed by atoms with van der Waals surface area (Å²) in [6, 6.07) is 9.40. The van der Waals surface area contributed by atoms with E-state index in [0.717, 1.165) is 55.0 Å². The number of hydrogen-bond acceptors (Lipinski definition) is 8. The monoisotopic (exact) mass is 398 g/mol. The number of hydrogen-bond donors (Lipinski definition) is 2. The topological polar surface area (TPSA) is 86.4 Å². The van der Waals surface area contributed by atoms with E-state index < -0.39 is 0 Å². The van der Waals surface area contributed by atoms with Gasteiger partial charge in [0.05, 0.1) is 19.0 Å². The number of anilines is 3. The molecule has 146 valence electrons. The summed E-state index contributed by atoms with van der Waals surface area (Å²) in [5.74, 6) is 0.834. The third-order valence-electron chi connectivity index (χ3n) is 4.66. The Hall–Kier alpha value is -2.91. The maximum Gasteiger partial charge on any atom is 0.266 e. The van der Waals surface area contributed by atoms with Crippen molar-refractivity contribution in [3.8, 4) is 5.75 Å². The Labute approximate surface area is 166 Å². The van der Waals surface area contributed by atoms with Crippen LogP contribution < -0.4 is 20.5 Å². The van der Waals surface area contributed by atoms with Crippen LogP contribution in [0.3, 0.4) is 0 Å². The molecule has 28 heavy (non-hydrogen) atoms. The minimum absolute atomic E-state index is 0.165. The number of thiazole rings is 1. The van der Waals surface area contributed by atoms with Crippen molar-refractivity contribution in [3.05, 3.63) is 58.0 Å². The van der Waals surface area contributed by atoms with Gasteiger partial charge in [-0.1, -0.05) is 0 Å². The van der Waals surface area contributed by atoms with Crippen LogP contribution in [-0.2, 0) is 6.54 Å². The molecule has 0 unspecified atom stereocenters. The van der Waals surface area contributed by atoms with Gasteiger partial charge in [0.1, 0.15) is 5.75 Å². The van der Waals surface area contributed by atoms with Crippen LogP contribution in [0.4, 0.5) is 16.5 Å². The number of aromatic nitrogens is 3. The highest BCUT2D eigenvalue weighted by atomic mass is 32.1. The summed E-state index contributed by atoms with van der Waals surface area (Å²) >= 11 is 1.67. The van der Waals surface area contributed by atoms with Gasteiger partial charge in [-0.15, -0.1) is 11.3 Å². The molecule has 1 aromatic carbocycles. The van der Waals surface area contributed by atoms with E-state index in [1.165, 1.54) is 4.88 Å². The second-order valence-corrected chi connectivity index (χ2v) is 7.67. The van der Waals surface area contributed by atoms with Crippen LogP contribution >= 0.6 is 11.3 Å². The van der Waals surface area contributed by atoms with Crippen molar-refractivity contribution in [2.75, 3.05) is 43.5 Å². The molecule has 1 aliphatic heterocycles. The molecule has 3 aromatic rings. The van der Waals surface area contributed by atoms with Gasteiger partial charge < -0.3 is 15.0 Å². The third kappa shape index (κ3) is 4.49. The normalized spacial score (nSPS) is 14.8. The first-order valence-electron chi connectivity index (χ1n) is 9.07. The van der Waals surface area contributed by atoms with Crippen molar-refractivity contribution >= 4 is 27.8 Å². The highest BCUT2D eigenvalue weighted by molar-refractivity contribution is 7.15. The second kappa shape index (κ2) is 8.41. The molecule has 9 heteroatoms. The molecule has 2 aromatic heterocycles. The van der Waals surface area contributed by atoms with Crippen LogP contribution in [0.1, 0.15) is 4.88 Å². The van der Waals surface area contributed by atoms with E-state index in [1.807, 2.05) is 30.5 Å². The molecule has 1 aliphatic rings.